The van der Waals surface area contributed by atoms with Crippen LogP contribution in [0.4, 0.5) is 0 Å². The molecule has 0 fully saturated rings. The average molecular weight is 334 g/mol. The third kappa shape index (κ3) is 2.77. The summed E-state index contributed by atoms with van der Waals surface area (Å²) in [6, 6.07) is 8.40. The lowest BCUT2D eigenvalue weighted by Gasteiger charge is -2.24. The number of benzene rings is 1. The number of aromatic nitrogens is 2. The Morgan fingerprint density at radius 2 is 2.04 bits per heavy atom. The lowest BCUT2D eigenvalue weighted by Crippen LogP contribution is -2.24. The molecule has 2 heterocycles. The smallest absolute Gasteiger partial charge is 0.0924 e. The van der Waals surface area contributed by atoms with Crippen molar-refractivity contribution in [2.75, 3.05) is 0 Å². The van der Waals surface area contributed by atoms with Gasteiger partial charge in [0.05, 0.1) is 11.1 Å². The quantitative estimate of drug-likeness (QED) is 0.779. The minimum absolute atomic E-state index is 0.591. The summed E-state index contributed by atoms with van der Waals surface area (Å²) in [7, 11) is 2.18. The molecule has 0 spiro atoms. The maximum absolute atomic E-state index is 11.1. The molecule has 1 aliphatic rings. The zero-order valence-electron chi connectivity index (χ0n) is 15.3. The van der Waals surface area contributed by atoms with E-state index < -0.39 is 5.60 Å². The summed E-state index contributed by atoms with van der Waals surface area (Å²) in [5.41, 5.74) is 6.72. The van der Waals surface area contributed by atoms with Crippen molar-refractivity contribution in [3.63, 3.8) is 0 Å². The molecular formula is C22H26N2O. The minimum Gasteiger partial charge on any atom is -0.385 e. The van der Waals surface area contributed by atoms with E-state index in [4.69, 9.17) is 0 Å². The number of aryl methyl sites for hydroxylation is 3. The van der Waals surface area contributed by atoms with Gasteiger partial charge >= 0.3 is 0 Å². The standard InChI is InChI=1S/C22H26N2O/c1-15-11-16(13-22(2,25)17-7-6-10-23-14-17)21-19(12-15)18-8-4-5-9-20(18)24(21)3/h6-7,10-12,14,25H,4-5,8-9,13H2,1-3H3. The Labute approximate surface area is 149 Å². The zero-order valence-corrected chi connectivity index (χ0v) is 15.3. The van der Waals surface area contributed by atoms with E-state index in [1.54, 1.807) is 12.4 Å². The molecule has 130 valence electrons. The molecule has 3 heteroatoms. The summed E-state index contributed by atoms with van der Waals surface area (Å²) in [6.45, 7) is 4.05. The van der Waals surface area contributed by atoms with Gasteiger partial charge in [-0.05, 0) is 62.8 Å². The minimum atomic E-state index is -0.931. The van der Waals surface area contributed by atoms with Crippen molar-refractivity contribution in [2.24, 2.45) is 7.05 Å². The number of pyridine rings is 1. The van der Waals surface area contributed by atoms with Crippen molar-refractivity contribution in [1.82, 2.24) is 9.55 Å². The van der Waals surface area contributed by atoms with Crippen molar-refractivity contribution in [3.8, 4) is 0 Å². The van der Waals surface area contributed by atoms with Crippen LogP contribution in [0.5, 0.6) is 0 Å². The second kappa shape index (κ2) is 5.99. The molecule has 2 aromatic heterocycles. The highest BCUT2D eigenvalue weighted by Crippen LogP contribution is 2.36. The van der Waals surface area contributed by atoms with Crippen molar-refractivity contribution < 1.29 is 5.11 Å². The van der Waals surface area contributed by atoms with E-state index >= 15 is 0 Å². The van der Waals surface area contributed by atoms with Gasteiger partial charge < -0.3 is 9.67 Å². The summed E-state index contributed by atoms with van der Waals surface area (Å²) in [6.07, 6.45) is 9.00. The molecular weight excluding hydrogens is 308 g/mol. The topological polar surface area (TPSA) is 38.1 Å². The molecule has 4 rings (SSSR count). The highest BCUT2D eigenvalue weighted by Gasteiger charge is 2.27. The summed E-state index contributed by atoms with van der Waals surface area (Å²) in [5, 5.41) is 12.5. The first-order chi connectivity index (χ1) is 12.0. The molecule has 0 saturated carbocycles. The highest BCUT2D eigenvalue weighted by molar-refractivity contribution is 5.89. The molecule has 1 unspecified atom stereocenters. The second-order valence-corrected chi connectivity index (χ2v) is 7.70. The Morgan fingerprint density at radius 1 is 1.24 bits per heavy atom. The lowest BCUT2D eigenvalue weighted by molar-refractivity contribution is 0.0575. The van der Waals surface area contributed by atoms with Crippen LogP contribution in [0.2, 0.25) is 0 Å². The predicted molar refractivity (Wildman–Crippen MR) is 102 cm³/mol. The van der Waals surface area contributed by atoms with Crippen molar-refractivity contribution >= 4 is 10.9 Å². The normalized spacial score (nSPS) is 16.6. The number of aliphatic hydroxyl groups is 1. The lowest BCUT2D eigenvalue weighted by atomic mass is 9.88. The molecule has 0 bridgehead atoms. The van der Waals surface area contributed by atoms with Crippen molar-refractivity contribution in [3.05, 3.63) is 64.6 Å². The van der Waals surface area contributed by atoms with Crippen LogP contribution in [-0.2, 0) is 31.9 Å². The third-order valence-corrected chi connectivity index (χ3v) is 5.66. The molecule has 1 atom stereocenters. The molecule has 1 N–H and O–H groups in total. The SMILES string of the molecule is Cc1cc(CC(C)(O)c2cccnc2)c2c(c1)c1c(n2C)CCCC1. The molecule has 0 saturated heterocycles. The van der Waals surface area contributed by atoms with Gasteiger partial charge in [0.2, 0.25) is 0 Å². The van der Waals surface area contributed by atoms with Crippen LogP contribution < -0.4 is 0 Å². The number of hydrogen-bond acceptors (Lipinski definition) is 2. The van der Waals surface area contributed by atoms with Crippen molar-refractivity contribution in [1.29, 1.82) is 0 Å². The van der Waals surface area contributed by atoms with Crippen LogP contribution >= 0.6 is 0 Å². The van der Waals surface area contributed by atoms with Gasteiger partial charge in [-0.2, -0.15) is 0 Å². The van der Waals surface area contributed by atoms with Gasteiger partial charge in [0.1, 0.15) is 0 Å². The molecule has 1 aromatic carbocycles. The monoisotopic (exact) mass is 334 g/mol. The predicted octanol–water partition coefficient (Wildman–Crippen LogP) is 4.21. The van der Waals surface area contributed by atoms with Gasteiger partial charge in [0, 0.05) is 42.5 Å². The summed E-state index contributed by atoms with van der Waals surface area (Å²) >= 11 is 0. The van der Waals surface area contributed by atoms with Gasteiger partial charge in [-0.25, -0.2) is 0 Å². The van der Waals surface area contributed by atoms with Gasteiger partial charge in [0.15, 0.2) is 0 Å². The van der Waals surface area contributed by atoms with E-state index in [9.17, 15) is 5.11 Å². The molecule has 0 radical (unpaired) electrons. The maximum Gasteiger partial charge on any atom is 0.0924 e. The molecule has 3 aromatic rings. The van der Waals surface area contributed by atoms with E-state index in [1.165, 1.54) is 52.5 Å². The van der Waals surface area contributed by atoms with Crippen LogP contribution in [0, 0.1) is 6.92 Å². The fraction of sp³-hybridized carbons (Fsp3) is 0.409. The Morgan fingerprint density at radius 3 is 2.80 bits per heavy atom. The van der Waals surface area contributed by atoms with E-state index in [1.807, 2.05) is 19.1 Å². The van der Waals surface area contributed by atoms with Gasteiger partial charge in [-0.1, -0.05) is 17.7 Å². The summed E-state index contributed by atoms with van der Waals surface area (Å²) < 4.78 is 2.37. The summed E-state index contributed by atoms with van der Waals surface area (Å²) in [4.78, 5) is 4.18. The van der Waals surface area contributed by atoms with Gasteiger partial charge in [-0.3, -0.25) is 4.98 Å². The van der Waals surface area contributed by atoms with Crippen molar-refractivity contribution in [2.45, 2.75) is 51.6 Å². The Bertz CT molecular complexity index is 922. The van der Waals surface area contributed by atoms with Crippen LogP contribution in [0.1, 0.15) is 47.7 Å². The zero-order chi connectivity index (χ0) is 17.6. The van der Waals surface area contributed by atoms with Crippen LogP contribution in [0.3, 0.4) is 0 Å². The van der Waals surface area contributed by atoms with Crippen LogP contribution in [-0.4, -0.2) is 14.7 Å². The van der Waals surface area contributed by atoms with Crippen LogP contribution in [0.25, 0.3) is 10.9 Å². The molecule has 3 nitrogen and oxygen atoms in total. The molecule has 1 aliphatic carbocycles. The average Bonchev–Trinajstić information content (AvgIpc) is 2.88. The molecule has 0 amide bonds. The fourth-order valence-electron chi connectivity index (χ4n) is 4.45. The number of fused-ring (bicyclic) bond motifs is 3. The first-order valence-corrected chi connectivity index (χ1v) is 9.20. The Hall–Kier alpha value is -2.13. The molecule has 25 heavy (non-hydrogen) atoms. The maximum atomic E-state index is 11.1. The first kappa shape index (κ1) is 16.3. The number of hydrogen-bond donors (Lipinski definition) is 1. The largest absolute Gasteiger partial charge is 0.385 e. The van der Waals surface area contributed by atoms with E-state index in [0.717, 1.165) is 12.0 Å². The first-order valence-electron chi connectivity index (χ1n) is 9.20. The van der Waals surface area contributed by atoms with Gasteiger partial charge in [0.25, 0.3) is 0 Å². The second-order valence-electron chi connectivity index (χ2n) is 7.70. The number of nitrogens with zero attached hydrogens (tertiary/aromatic N) is 2. The van der Waals surface area contributed by atoms with E-state index in [0.29, 0.717) is 6.42 Å². The van der Waals surface area contributed by atoms with Gasteiger partial charge in [-0.15, -0.1) is 0 Å². The van der Waals surface area contributed by atoms with Crippen LogP contribution in [0.15, 0.2) is 36.7 Å². The van der Waals surface area contributed by atoms with E-state index in [-0.39, 0.29) is 0 Å². The molecule has 0 aliphatic heterocycles. The number of rotatable bonds is 3. The summed E-state index contributed by atoms with van der Waals surface area (Å²) in [5.74, 6) is 0. The Balaban J connectivity index is 1.86. The Kier molecular flexibility index (Phi) is 3.92. The fourth-order valence-corrected chi connectivity index (χ4v) is 4.45. The highest BCUT2D eigenvalue weighted by atomic mass is 16.3. The third-order valence-electron chi connectivity index (χ3n) is 5.66. The van der Waals surface area contributed by atoms with E-state index in [2.05, 4.69) is 35.7 Å².